The van der Waals surface area contributed by atoms with Gasteiger partial charge in [0.05, 0.1) is 17.0 Å². The van der Waals surface area contributed by atoms with Crippen molar-refractivity contribution in [2.45, 2.75) is 6.92 Å². The number of hydrogen-bond donors (Lipinski definition) is 1. The van der Waals surface area contributed by atoms with Crippen molar-refractivity contribution in [3.63, 3.8) is 0 Å². The topological polar surface area (TPSA) is 48.1 Å². The monoisotopic (exact) mass is 220 g/mol. The number of aromatic nitrogens is 1. The lowest BCUT2D eigenvalue weighted by atomic mass is 10.2. The molecule has 0 unspecified atom stereocenters. The van der Waals surface area contributed by atoms with Crippen molar-refractivity contribution in [1.29, 1.82) is 0 Å². The van der Waals surface area contributed by atoms with Crippen molar-refractivity contribution < 1.29 is 4.74 Å². The Labute approximate surface area is 92.5 Å². The van der Waals surface area contributed by atoms with Crippen LogP contribution >= 0.6 is 11.3 Å². The van der Waals surface area contributed by atoms with Crippen LogP contribution in [-0.2, 0) is 0 Å². The Hall–Kier alpha value is -1.55. The maximum atomic E-state index is 5.74. The summed E-state index contributed by atoms with van der Waals surface area (Å²) in [5.41, 5.74) is 8.57. The van der Waals surface area contributed by atoms with Crippen LogP contribution in [0.4, 0.5) is 5.82 Å². The lowest BCUT2D eigenvalue weighted by Crippen LogP contribution is -1.91. The van der Waals surface area contributed by atoms with Gasteiger partial charge in [0.25, 0.3) is 0 Å². The van der Waals surface area contributed by atoms with Crippen molar-refractivity contribution in [2.75, 3.05) is 12.3 Å². The minimum atomic E-state index is 0.587. The minimum Gasteiger partial charge on any atom is -0.494 e. The van der Waals surface area contributed by atoms with Gasteiger partial charge < -0.3 is 10.5 Å². The number of rotatable bonds is 3. The van der Waals surface area contributed by atoms with Gasteiger partial charge in [0, 0.05) is 0 Å². The number of nitrogens with zero attached hydrogens (tertiary/aromatic N) is 1. The van der Waals surface area contributed by atoms with Gasteiger partial charge in [-0.2, -0.15) is 0 Å². The van der Waals surface area contributed by atoms with E-state index in [2.05, 4.69) is 4.98 Å². The highest BCUT2D eigenvalue weighted by Gasteiger charge is 2.04. The normalized spacial score (nSPS) is 10.2. The van der Waals surface area contributed by atoms with E-state index in [4.69, 9.17) is 10.5 Å². The molecule has 0 aliphatic carbocycles. The largest absolute Gasteiger partial charge is 0.494 e. The van der Waals surface area contributed by atoms with Gasteiger partial charge >= 0.3 is 0 Å². The molecule has 0 spiro atoms. The third-order valence-corrected chi connectivity index (χ3v) is 2.91. The lowest BCUT2D eigenvalue weighted by Gasteiger charge is -2.03. The third-order valence-electron chi connectivity index (χ3n) is 2.02. The maximum absolute atomic E-state index is 5.74. The predicted octanol–water partition coefficient (Wildman–Crippen LogP) is 2.79. The highest BCUT2D eigenvalue weighted by Crippen LogP contribution is 2.30. The van der Waals surface area contributed by atoms with E-state index in [0.29, 0.717) is 12.4 Å². The zero-order chi connectivity index (χ0) is 10.7. The highest BCUT2D eigenvalue weighted by molar-refractivity contribution is 7.13. The van der Waals surface area contributed by atoms with Crippen LogP contribution in [0.1, 0.15) is 6.92 Å². The fourth-order valence-electron chi connectivity index (χ4n) is 1.34. The first-order valence-electron chi connectivity index (χ1n) is 4.73. The molecule has 1 aromatic heterocycles. The van der Waals surface area contributed by atoms with E-state index in [-0.39, 0.29) is 0 Å². The Morgan fingerprint density at radius 3 is 2.60 bits per heavy atom. The summed E-state index contributed by atoms with van der Waals surface area (Å²) in [6.45, 7) is 2.65. The van der Waals surface area contributed by atoms with Gasteiger partial charge in [-0.15, -0.1) is 11.3 Å². The van der Waals surface area contributed by atoms with Gasteiger partial charge in [0.2, 0.25) is 0 Å². The fraction of sp³-hybridized carbons (Fsp3) is 0.182. The van der Waals surface area contributed by atoms with Gasteiger partial charge in [0.1, 0.15) is 11.6 Å². The van der Waals surface area contributed by atoms with Gasteiger partial charge in [-0.3, -0.25) is 0 Å². The van der Waals surface area contributed by atoms with E-state index >= 15 is 0 Å². The van der Waals surface area contributed by atoms with Gasteiger partial charge in [-0.1, -0.05) is 0 Å². The van der Waals surface area contributed by atoms with Gasteiger partial charge in [-0.25, -0.2) is 4.98 Å². The van der Waals surface area contributed by atoms with Crippen molar-refractivity contribution >= 4 is 17.2 Å². The van der Waals surface area contributed by atoms with Crippen molar-refractivity contribution in [2.24, 2.45) is 0 Å². The number of thiazole rings is 1. The Morgan fingerprint density at radius 1 is 1.33 bits per heavy atom. The molecule has 2 rings (SSSR count). The Bertz CT molecular complexity index is 436. The van der Waals surface area contributed by atoms with Crippen LogP contribution in [0.5, 0.6) is 5.75 Å². The Morgan fingerprint density at radius 2 is 2.07 bits per heavy atom. The summed E-state index contributed by atoms with van der Waals surface area (Å²) in [4.78, 5) is 5.03. The first kappa shape index (κ1) is 9.98. The molecule has 0 aliphatic rings. The second-order valence-electron chi connectivity index (χ2n) is 3.02. The zero-order valence-electron chi connectivity index (χ0n) is 8.43. The molecule has 0 radical (unpaired) electrons. The van der Waals surface area contributed by atoms with Crippen LogP contribution in [0.25, 0.3) is 10.4 Å². The molecule has 0 fully saturated rings. The fourth-order valence-corrected chi connectivity index (χ4v) is 2.06. The van der Waals surface area contributed by atoms with Crippen molar-refractivity contribution in [3.8, 4) is 16.2 Å². The van der Waals surface area contributed by atoms with Gasteiger partial charge in [0.15, 0.2) is 0 Å². The van der Waals surface area contributed by atoms with Crippen LogP contribution in [-0.4, -0.2) is 11.6 Å². The Balaban J connectivity index is 2.28. The molecule has 15 heavy (non-hydrogen) atoms. The molecule has 2 aromatic rings. The first-order valence-corrected chi connectivity index (χ1v) is 5.61. The predicted molar refractivity (Wildman–Crippen MR) is 63.1 cm³/mol. The molecular weight excluding hydrogens is 208 g/mol. The molecule has 78 valence electrons. The van der Waals surface area contributed by atoms with E-state index in [1.54, 1.807) is 16.8 Å². The van der Waals surface area contributed by atoms with E-state index in [1.807, 2.05) is 31.2 Å². The minimum absolute atomic E-state index is 0.587. The summed E-state index contributed by atoms with van der Waals surface area (Å²) in [7, 11) is 0. The van der Waals surface area contributed by atoms with Crippen LogP contribution < -0.4 is 10.5 Å². The maximum Gasteiger partial charge on any atom is 0.142 e. The number of ether oxygens (including phenoxy) is 1. The molecule has 4 heteroatoms. The lowest BCUT2D eigenvalue weighted by molar-refractivity contribution is 0.340. The van der Waals surface area contributed by atoms with E-state index in [0.717, 1.165) is 16.2 Å². The highest BCUT2D eigenvalue weighted by atomic mass is 32.1. The molecule has 0 saturated carbocycles. The Kier molecular flexibility index (Phi) is 2.87. The molecule has 0 aliphatic heterocycles. The summed E-state index contributed by atoms with van der Waals surface area (Å²) in [5.74, 6) is 1.47. The molecule has 0 bridgehead atoms. The van der Waals surface area contributed by atoms with E-state index in [9.17, 15) is 0 Å². The summed E-state index contributed by atoms with van der Waals surface area (Å²) < 4.78 is 5.36. The van der Waals surface area contributed by atoms with Gasteiger partial charge in [-0.05, 0) is 36.8 Å². The summed E-state index contributed by atoms with van der Waals surface area (Å²) in [6, 6.07) is 7.87. The van der Waals surface area contributed by atoms with Crippen LogP contribution in [0.2, 0.25) is 0 Å². The molecule has 0 saturated heterocycles. The molecule has 0 atom stereocenters. The molecule has 0 amide bonds. The van der Waals surface area contributed by atoms with Crippen LogP contribution in [0.3, 0.4) is 0 Å². The van der Waals surface area contributed by atoms with E-state index in [1.165, 1.54) is 0 Å². The molecular formula is C11H12N2OS. The van der Waals surface area contributed by atoms with E-state index < -0.39 is 0 Å². The smallest absolute Gasteiger partial charge is 0.142 e. The average Bonchev–Trinajstić information content (AvgIpc) is 2.66. The summed E-state index contributed by atoms with van der Waals surface area (Å²) >= 11 is 1.54. The van der Waals surface area contributed by atoms with Crippen LogP contribution in [0.15, 0.2) is 29.8 Å². The third kappa shape index (κ3) is 2.10. The number of hydrogen-bond acceptors (Lipinski definition) is 4. The van der Waals surface area contributed by atoms with Crippen LogP contribution in [0, 0.1) is 0 Å². The quantitative estimate of drug-likeness (QED) is 0.865. The number of nitrogen functional groups attached to an aromatic ring is 1. The van der Waals surface area contributed by atoms with Crippen molar-refractivity contribution in [1.82, 2.24) is 4.98 Å². The standard InChI is InChI=1S/C11H12N2OS/c1-2-14-9-5-3-8(4-6-9)10-11(12)13-7-15-10/h3-7H,2,12H2,1H3. The molecule has 3 nitrogen and oxygen atoms in total. The molecule has 1 aromatic carbocycles. The zero-order valence-corrected chi connectivity index (χ0v) is 9.25. The molecule has 2 N–H and O–H groups in total. The second-order valence-corrected chi connectivity index (χ2v) is 3.88. The number of anilines is 1. The second kappa shape index (κ2) is 4.31. The van der Waals surface area contributed by atoms with Crippen molar-refractivity contribution in [3.05, 3.63) is 29.8 Å². The summed E-state index contributed by atoms with van der Waals surface area (Å²) in [6.07, 6.45) is 0. The average molecular weight is 220 g/mol. The number of nitrogens with two attached hydrogens (primary N) is 1. The molecule has 1 heterocycles. The summed E-state index contributed by atoms with van der Waals surface area (Å²) in [5, 5.41) is 0. The number of benzene rings is 1. The SMILES string of the molecule is CCOc1ccc(-c2scnc2N)cc1. The first-order chi connectivity index (χ1) is 7.31.